The van der Waals surface area contributed by atoms with Crippen molar-refractivity contribution < 1.29 is 0 Å². The van der Waals surface area contributed by atoms with Crippen LogP contribution in [0.3, 0.4) is 0 Å². The Bertz CT molecular complexity index is 375. The third-order valence-electron chi connectivity index (χ3n) is 3.91. The van der Waals surface area contributed by atoms with Gasteiger partial charge in [0.1, 0.15) is 0 Å². The Morgan fingerprint density at radius 3 is 2.25 bits per heavy atom. The Morgan fingerprint density at radius 1 is 1.15 bits per heavy atom. The first-order chi connectivity index (χ1) is 9.34. The van der Waals surface area contributed by atoms with E-state index in [9.17, 15) is 0 Å². The second kappa shape index (κ2) is 7.68. The Morgan fingerprint density at radius 2 is 1.75 bits per heavy atom. The zero-order chi connectivity index (χ0) is 15.2. The second-order valence-electron chi connectivity index (χ2n) is 6.92. The van der Waals surface area contributed by atoms with Gasteiger partial charge in [0.25, 0.3) is 0 Å². The summed E-state index contributed by atoms with van der Waals surface area (Å²) in [6, 6.07) is 9.35. The molecule has 0 spiro atoms. The Kier molecular flexibility index (Phi) is 6.54. The molecule has 1 unspecified atom stereocenters. The van der Waals surface area contributed by atoms with Crippen LogP contribution in [0.4, 0.5) is 5.69 Å². The summed E-state index contributed by atoms with van der Waals surface area (Å²) in [4.78, 5) is 2.35. The van der Waals surface area contributed by atoms with Crippen LogP contribution in [0.25, 0.3) is 0 Å². The van der Waals surface area contributed by atoms with Crippen molar-refractivity contribution in [1.29, 1.82) is 0 Å². The van der Waals surface area contributed by atoms with Gasteiger partial charge in [0.2, 0.25) is 0 Å². The van der Waals surface area contributed by atoms with E-state index in [-0.39, 0.29) is 0 Å². The molecule has 0 bridgehead atoms. The van der Waals surface area contributed by atoms with Crippen LogP contribution in [0.2, 0.25) is 0 Å². The molecule has 2 heteroatoms. The lowest BCUT2D eigenvalue weighted by molar-refractivity contribution is 0.257. The summed E-state index contributed by atoms with van der Waals surface area (Å²) in [5.74, 6) is 0. The second-order valence-corrected chi connectivity index (χ2v) is 6.92. The monoisotopic (exact) mass is 276 g/mol. The maximum absolute atomic E-state index is 3.70. The molecule has 0 saturated carbocycles. The van der Waals surface area contributed by atoms with Crippen molar-refractivity contribution in [3.63, 3.8) is 0 Å². The summed E-state index contributed by atoms with van der Waals surface area (Å²) in [6.45, 7) is 13.5. The van der Waals surface area contributed by atoms with Crippen LogP contribution in [-0.4, -0.2) is 26.2 Å². The van der Waals surface area contributed by atoms with E-state index in [4.69, 9.17) is 0 Å². The van der Waals surface area contributed by atoms with Crippen LogP contribution in [0, 0.1) is 12.3 Å². The number of hydrogen-bond donors (Lipinski definition) is 1. The minimum absolute atomic E-state index is 0.309. The first-order valence-electron chi connectivity index (χ1n) is 7.85. The fourth-order valence-corrected chi connectivity index (χ4v) is 2.41. The van der Waals surface area contributed by atoms with Gasteiger partial charge in [-0.3, -0.25) is 0 Å². The minimum Gasteiger partial charge on any atom is -0.375 e. The summed E-state index contributed by atoms with van der Waals surface area (Å²) in [6.07, 6.45) is 2.37. The van der Waals surface area contributed by atoms with Crippen molar-refractivity contribution in [2.24, 2.45) is 5.41 Å². The molecule has 2 nitrogen and oxygen atoms in total. The van der Waals surface area contributed by atoms with Gasteiger partial charge in [-0.1, -0.05) is 45.4 Å². The molecule has 0 amide bonds. The molecule has 0 fully saturated rings. The molecule has 0 heterocycles. The average molecular weight is 276 g/mol. The first-order valence-corrected chi connectivity index (χ1v) is 7.85. The topological polar surface area (TPSA) is 15.3 Å². The molecule has 1 atom stereocenters. The van der Waals surface area contributed by atoms with Gasteiger partial charge in [-0.25, -0.2) is 0 Å². The lowest BCUT2D eigenvalue weighted by Gasteiger charge is -2.33. The van der Waals surface area contributed by atoms with Crippen molar-refractivity contribution in [1.82, 2.24) is 5.32 Å². The summed E-state index contributed by atoms with van der Waals surface area (Å²) < 4.78 is 0. The largest absolute Gasteiger partial charge is 0.375 e. The van der Waals surface area contributed by atoms with Gasteiger partial charge in [-0.2, -0.15) is 0 Å². The number of hydrogen-bond acceptors (Lipinski definition) is 2. The molecule has 1 rings (SSSR count). The summed E-state index contributed by atoms with van der Waals surface area (Å²) in [5.41, 5.74) is 2.93. The summed E-state index contributed by atoms with van der Waals surface area (Å²) >= 11 is 0. The predicted molar refractivity (Wildman–Crippen MR) is 90.6 cm³/mol. The van der Waals surface area contributed by atoms with Crippen LogP contribution in [0.15, 0.2) is 24.3 Å². The summed E-state index contributed by atoms with van der Waals surface area (Å²) in [7, 11) is 2.18. The predicted octanol–water partition coefficient (Wildman–Crippen LogP) is 4.24. The van der Waals surface area contributed by atoms with E-state index in [0.29, 0.717) is 11.5 Å². The highest BCUT2D eigenvalue weighted by Crippen LogP contribution is 2.23. The Balaban J connectivity index is 2.55. The van der Waals surface area contributed by atoms with E-state index in [1.54, 1.807) is 0 Å². The average Bonchev–Trinajstić information content (AvgIpc) is 2.37. The van der Waals surface area contributed by atoms with Gasteiger partial charge in [0.05, 0.1) is 0 Å². The van der Waals surface area contributed by atoms with Gasteiger partial charge in [0, 0.05) is 25.3 Å². The molecule has 0 aliphatic rings. The number of rotatable bonds is 7. The van der Waals surface area contributed by atoms with Crippen LogP contribution >= 0.6 is 0 Å². The van der Waals surface area contributed by atoms with Gasteiger partial charge >= 0.3 is 0 Å². The molecule has 0 aromatic heterocycles. The quantitative estimate of drug-likeness (QED) is 0.801. The van der Waals surface area contributed by atoms with Gasteiger partial charge in [-0.05, 0) is 43.9 Å². The highest BCUT2D eigenvalue weighted by atomic mass is 15.1. The van der Waals surface area contributed by atoms with Crippen molar-refractivity contribution in [3.05, 3.63) is 29.8 Å². The van der Waals surface area contributed by atoms with Crippen LogP contribution in [0.5, 0.6) is 0 Å². The fraction of sp³-hybridized carbons (Fsp3) is 0.667. The van der Waals surface area contributed by atoms with Crippen molar-refractivity contribution >= 4 is 5.69 Å². The Labute approximate surface area is 125 Å². The van der Waals surface area contributed by atoms with E-state index in [1.807, 2.05) is 0 Å². The molecule has 0 aliphatic carbocycles. The van der Waals surface area contributed by atoms with E-state index in [2.05, 4.69) is 76.1 Å². The van der Waals surface area contributed by atoms with Crippen LogP contribution in [0.1, 0.15) is 46.1 Å². The molecule has 20 heavy (non-hydrogen) atoms. The number of nitrogens with zero attached hydrogens (tertiary/aromatic N) is 1. The molecule has 1 N–H and O–H groups in total. The zero-order valence-corrected chi connectivity index (χ0v) is 14.2. The summed E-state index contributed by atoms with van der Waals surface area (Å²) in [5, 5.41) is 3.70. The van der Waals surface area contributed by atoms with E-state index >= 15 is 0 Å². The van der Waals surface area contributed by atoms with Crippen molar-refractivity contribution in [2.45, 2.75) is 53.5 Å². The molecule has 0 aliphatic heterocycles. The highest BCUT2D eigenvalue weighted by Gasteiger charge is 2.23. The van der Waals surface area contributed by atoms with Gasteiger partial charge in [-0.15, -0.1) is 0 Å². The minimum atomic E-state index is 0.309. The highest BCUT2D eigenvalue weighted by molar-refractivity contribution is 5.46. The molecule has 0 radical (unpaired) electrons. The van der Waals surface area contributed by atoms with Crippen LogP contribution < -0.4 is 10.2 Å². The lowest BCUT2D eigenvalue weighted by Crippen LogP contribution is -2.42. The molecule has 114 valence electrons. The van der Waals surface area contributed by atoms with E-state index in [1.165, 1.54) is 24.1 Å². The number of benzene rings is 1. The van der Waals surface area contributed by atoms with E-state index < -0.39 is 0 Å². The van der Waals surface area contributed by atoms with Gasteiger partial charge < -0.3 is 10.2 Å². The lowest BCUT2D eigenvalue weighted by atomic mass is 9.84. The molecular formula is C18H32N2. The van der Waals surface area contributed by atoms with Crippen LogP contribution in [-0.2, 0) is 0 Å². The number of aryl methyl sites for hydroxylation is 1. The smallest absolute Gasteiger partial charge is 0.0363 e. The molecule has 1 aromatic carbocycles. The van der Waals surface area contributed by atoms with Crippen molar-refractivity contribution in [2.75, 3.05) is 25.0 Å². The SMILES string of the molecule is CCCNC(CCN(C)c1ccc(C)cc1)C(C)(C)C. The normalized spacial score (nSPS) is 13.3. The van der Waals surface area contributed by atoms with Gasteiger partial charge in [0.15, 0.2) is 0 Å². The first kappa shape index (κ1) is 17.0. The zero-order valence-electron chi connectivity index (χ0n) is 14.2. The maximum atomic E-state index is 3.70. The standard InChI is InChI=1S/C18H32N2/c1-7-13-19-17(18(3,4)5)12-14-20(6)16-10-8-15(2)9-11-16/h8-11,17,19H,7,12-14H2,1-6H3. The molecule has 0 saturated heterocycles. The molecule has 1 aromatic rings. The van der Waals surface area contributed by atoms with E-state index in [0.717, 1.165) is 13.1 Å². The Hall–Kier alpha value is -1.02. The fourth-order valence-electron chi connectivity index (χ4n) is 2.41. The maximum Gasteiger partial charge on any atom is 0.0363 e. The third-order valence-corrected chi connectivity index (χ3v) is 3.91. The third kappa shape index (κ3) is 5.54. The number of anilines is 1. The number of nitrogens with one attached hydrogen (secondary N) is 1. The van der Waals surface area contributed by atoms with Crippen molar-refractivity contribution in [3.8, 4) is 0 Å². The molecular weight excluding hydrogens is 244 g/mol.